The monoisotopic (exact) mass is 999 g/mol. The van der Waals surface area contributed by atoms with Crippen LogP contribution in [-0.4, -0.2) is 142 Å². The lowest BCUT2D eigenvalue weighted by Crippen LogP contribution is -2.63. The summed E-state index contributed by atoms with van der Waals surface area (Å²) in [6.45, 7) is 16.3. The first-order valence-electron chi connectivity index (χ1n) is 23.9. The van der Waals surface area contributed by atoms with Gasteiger partial charge in [-0.1, -0.05) is 68.2 Å². The van der Waals surface area contributed by atoms with Crippen molar-refractivity contribution in [3.8, 4) is 0 Å². The Hall–Kier alpha value is -5.95. The van der Waals surface area contributed by atoms with Crippen molar-refractivity contribution in [2.24, 2.45) is 46.6 Å². The van der Waals surface area contributed by atoms with E-state index >= 15 is 0 Å². The Labute approximate surface area is 410 Å². The highest BCUT2D eigenvalue weighted by Crippen LogP contribution is 2.15. The van der Waals surface area contributed by atoms with Crippen molar-refractivity contribution in [3.63, 3.8) is 0 Å². The van der Waals surface area contributed by atoms with Crippen LogP contribution < -0.4 is 65.5 Å². The Kier molecular flexibility index (Phi) is 29.3. The first kappa shape index (κ1) is 64.0. The van der Waals surface area contributed by atoms with Crippen LogP contribution in [0.1, 0.15) is 127 Å². The van der Waals surface area contributed by atoms with Crippen molar-refractivity contribution < 1.29 is 63.0 Å². The van der Waals surface area contributed by atoms with Gasteiger partial charge < -0.3 is 75.7 Å². The third-order valence-corrected chi connectivity index (χ3v) is 11.6. The number of carboxylic acids is 1. The van der Waals surface area contributed by atoms with Gasteiger partial charge in [0.15, 0.2) is 0 Å². The largest absolute Gasteiger partial charge is 0.480 e. The molecule has 400 valence electrons. The van der Waals surface area contributed by atoms with Gasteiger partial charge in [0.05, 0.1) is 18.6 Å². The van der Waals surface area contributed by atoms with E-state index in [9.17, 15) is 63.0 Å². The highest BCUT2D eigenvalue weighted by Gasteiger charge is 2.38. The van der Waals surface area contributed by atoms with Crippen LogP contribution in [0.15, 0.2) is 0 Å². The number of carbonyl (C=O) groups is 11. The van der Waals surface area contributed by atoms with Gasteiger partial charge in [-0.2, -0.15) is 0 Å². The van der Waals surface area contributed by atoms with E-state index in [2.05, 4.69) is 42.5 Å². The minimum Gasteiger partial charge on any atom is -0.480 e. The molecule has 0 aliphatic rings. The summed E-state index contributed by atoms with van der Waals surface area (Å²) in [5, 5.41) is 40.6. The van der Waals surface area contributed by atoms with Gasteiger partial charge in [0.2, 0.25) is 59.1 Å². The Morgan fingerprint density at radius 1 is 0.500 bits per heavy atom. The zero-order valence-corrected chi connectivity index (χ0v) is 42.3. The summed E-state index contributed by atoms with van der Waals surface area (Å²) in [6.07, 6.45) is -1.08. The molecule has 25 heteroatoms. The van der Waals surface area contributed by atoms with E-state index in [1.807, 2.05) is 0 Å². The minimum atomic E-state index is -1.68. The lowest BCUT2D eigenvalue weighted by atomic mass is 9.93. The molecule has 0 aromatic rings. The van der Waals surface area contributed by atoms with Crippen LogP contribution in [-0.2, 0) is 52.7 Å². The molecule has 0 fully saturated rings. The van der Waals surface area contributed by atoms with Crippen molar-refractivity contribution in [2.75, 3.05) is 6.54 Å². The predicted molar refractivity (Wildman–Crippen MR) is 257 cm³/mol. The van der Waals surface area contributed by atoms with Crippen LogP contribution in [0.2, 0.25) is 0 Å². The number of nitrogens with two attached hydrogens (primary N) is 4. The fraction of sp³-hybridized carbons (Fsp3) is 0.756. The molecule has 0 heterocycles. The highest BCUT2D eigenvalue weighted by atomic mass is 16.4. The number of primary amides is 2. The van der Waals surface area contributed by atoms with Gasteiger partial charge in [-0.15, -0.1) is 0 Å². The van der Waals surface area contributed by atoms with Crippen molar-refractivity contribution in [1.82, 2.24) is 42.5 Å². The standard InChI is InChI=1S/C45H82N12O13/c1-11-23(7)34(42(66)54-33(22(5)6)41(65)52-29(16-17-31(48)59)39(63)53-30(45(69)70)19-21(3)4)55-43(67)35(24(8)12-2)56-44(68)36(26(10)58)57-40(64)28(15-13-14-18-46)51-37(61)25(9)50-38(62)27(47)20-32(49)60/h21-30,33-36,58H,11-20,46-47H2,1-10H3,(H2,48,59)(H2,49,60)(H,50,62)(H,51,61)(H,52,65)(H,53,63)(H,54,66)(H,55,67)(H,56,68)(H,57,64)(H,69,70). The van der Waals surface area contributed by atoms with Gasteiger partial charge in [-0.25, -0.2) is 4.79 Å². The van der Waals surface area contributed by atoms with Crippen molar-refractivity contribution in [2.45, 2.75) is 188 Å². The van der Waals surface area contributed by atoms with Crippen LogP contribution in [0.25, 0.3) is 0 Å². The highest BCUT2D eigenvalue weighted by molar-refractivity contribution is 5.98. The van der Waals surface area contributed by atoms with Crippen molar-refractivity contribution in [1.29, 1.82) is 0 Å². The Morgan fingerprint density at radius 2 is 0.929 bits per heavy atom. The summed E-state index contributed by atoms with van der Waals surface area (Å²) in [4.78, 5) is 143. The number of nitrogens with one attached hydrogen (secondary N) is 8. The summed E-state index contributed by atoms with van der Waals surface area (Å²) in [5.74, 6) is -11.7. The molecule has 18 N–H and O–H groups in total. The average molecular weight is 999 g/mol. The molecule has 0 aromatic carbocycles. The van der Waals surface area contributed by atoms with Crippen LogP contribution in [0.4, 0.5) is 0 Å². The number of unbranched alkanes of at least 4 members (excludes halogenated alkanes) is 1. The Bertz CT molecular complexity index is 1800. The van der Waals surface area contributed by atoms with E-state index in [4.69, 9.17) is 22.9 Å². The normalized spacial score (nSPS) is 16.4. The van der Waals surface area contributed by atoms with Crippen molar-refractivity contribution >= 4 is 65.0 Å². The summed E-state index contributed by atoms with van der Waals surface area (Å²) in [5.41, 5.74) is 21.7. The third kappa shape index (κ3) is 23.1. The van der Waals surface area contributed by atoms with Gasteiger partial charge in [0, 0.05) is 6.42 Å². The molecule has 0 aromatic heterocycles. The van der Waals surface area contributed by atoms with Gasteiger partial charge in [0.25, 0.3) is 0 Å². The van der Waals surface area contributed by atoms with Gasteiger partial charge in [-0.3, -0.25) is 47.9 Å². The summed E-state index contributed by atoms with van der Waals surface area (Å²) < 4.78 is 0. The molecule has 25 nitrogen and oxygen atoms in total. The van der Waals surface area contributed by atoms with Crippen LogP contribution in [0.3, 0.4) is 0 Å². The Morgan fingerprint density at radius 3 is 1.36 bits per heavy atom. The van der Waals surface area contributed by atoms with Crippen LogP contribution in [0, 0.1) is 23.7 Å². The molecule has 0 spiro atoms. The third-order valence-electron chi connectivity index (χ3n) is 11.6. The topological polar surface area (TPSA) is 429 Å². The molecular weight excluding hydrogens is 917 g/mol. The number of hydrogen-bond donors (Lipinski definition) is 14. The molecule has 0 aliphatic heterocycles. The quantitative estimate of drug-likeness (QED) is 0.0282. The summed E-state index contributed by atoms with van der Waals surface area (Å²) in [7, 11) is 0. The molecule has 0 saturated carbocycles. The number of aliphatic hydroxyl groups excluding tert-OH is 1. The van der Waals surface area contributed by atoms with E-state index < -0.39 is 150 Å². The number of hydrogen-bond acceptors (Lipinski definition) is 14. The first-order chi connectivity index (χ1) is 32.5. The summed E-state index contributed by atoms with van der Waals surface area (Å²) >= 11 is 0. The second-order valence-corrected chi connectivity index (χ2v) is 18.6. The van der Waals surface area contributed by atoms with Crippen molar-refractivity contribution in [3.05, 3.63) is 0 Å². The molecule has 10 amide bonds. The smallest absolute Gasteiger partial charge is 0.326 e. The lowest BCUT2D eigenvalue weighted by molar-refractivity contribution is -0.143. The molecule has 70 heavy (non-hydrogen) atoms. The number of amides is 10. The van der Waals surface area contributed by atoms with Gasteiger partial charge in [0.1, 0.15) is 48.3 Å². The average Bonchev–Trinajstić information content (AvgIpc) is 3.27. The number of aliphatic hydroxyl groups is 1. The van der Waals surface area contributed by atoms with Gasteiger partial charge in [-0.05, 0) is 76.2 Å². The fourth-order valence-corrected chi connectivity index (χ4v) is 6.86. The maximum Gasteiger partial charge on any atom is 0.326 e. The van der Waals surface area contributed by atoms with E-state index in [0.717, 1.165) is 0 Å². The van der Waals surface area contributed by atoms with E-state index in [-0.39, 0.29) is 38.1 Å². The minimum absolute atomic E-state index is 0.0257. The molecule has 0 aliphatic carbocycles. The summed E-state index contributed by atoms with van der Waals surface area (Å²) in [6, 6.07) is -12.2. The zero-order valence-electron chi connectivity index (χ0n) is 42.3. The first-order valence-corrected chi connectivity index (χ1v) is 23.9. The molecule has 0 radical (unpaired) electrons. The SMILES string of the molecule is CCC(C)C(NC(=O)C(NC(=O)C(CCCCN)NC(=O)C(C)NC(=O)C(N)CC(N)=O)C(C)O)C(=O)NC(C(=O)NC(C(=O)NC(CCC(N)=O)C(=O)NC(CC(C)C)C(=O)O)C(C)C)C(C)CC. The maximum atomic E-state index is 14.2. The molecule has 0 bridgehead atoms. The second kappa shape index (κ2) is 32.0. The van der Waals surface area contributed by atoms with E-state index in [1.54, 1.807) is 55.4 Å². The lowest BCUT2D eigenvalue weighted by Gasteiger charge is -2.32. The fourth-order valence-electron chi connectivity index (χ4n) is 6.86. The zero-order chi connectivity index (χ0) is 54.2. The molecular formula is C45H82N12O13. The molecule has 0 rings (SSSR count). The predicted octanol–water partition coefficient (Wildman–Crippen LogP) is -3.26. The molecule has 12 atom stereocenters. The number of carboxylic acid groups (broad SMARTS) is 1. The maximum absolute atomic E-state index is 14.2. The van der Waals surface area contributed by atoms with Crippen LogP contribution in [0.5, 0.6) is 0 Å². The molecule has 0 saturated heterocycles. The number of carbonyl (C=O) groups excluding carboxylic acids is 10. The molecule has 12 unspecified atom stereocenters. The number of aliphatic carboxylic acids is 1. The Balaban J connectivity index is 6.51. The van der Waals surface area contributed by atoms with E-state index in [1.165, 1.54) is 13.8 Å². The second-order valence-electron chi connectivity index (χ2n) is 18.6. The van der Waals surface area contributed by atoms with Crippen LogP contribution >= 0.6 is 0 Å². The van der Waals surface area contributed by atoms with E-state index in [0.29, 0.717) is 25.7 Å². The van der Waals surface area contributed by atoms with Gasteiger partial charge >= 0.3 is 5.97 Å². The number of rotatable bonds is 34.